The fraction of sp³-hybridized carbons (Fsp3) is 0.304. The summed E-state index contributed by atoms with van der Waals surface area (Å²) in [5, 5.41) is 13.3. The van der Waals surface area contributed by atoms with Gasteiger partial charge in [-0.15, -0.1) is 11.8 Å². The number of nitriles is 1. The number of hydrogen-bond donors (Lipinski definition) is 1. The third-order valence-corrected chi connectivity index (χ3v) is 6.19. The first kappa shape index (κ1) is 21.1. The van der Waals surface area contributed by atoms with E-state index in [4.69, 9.17) is 5.26 Å². The summed E-state index contributed by atoms with van der Waals surface area (Å²) in [6, 6.07) is 13.7. The van der Waals surface area contributed by atoms with Gasteiger partial charge < -0.3 is 14.8 Å². The average molecular weight is 433 g/mol. The number of hydrogen-bond acceptors (Lipinski definition) is 6. The predicted octanol–water partition coefficient (Wildman–Crippen LogP) is 2.92. The van der Waals surface area contributed by atoms with E-state index < -0.39 is 0 Å². The second-order valence-corrected chi connectivity index (χ2v) is 8.29. The normalized spacial score (nSPS) is 15.7. The molecule has 1 amide bonds. The molecule has 0 radical (unpaired) electrons. The minimum absolute atomic E-state index is 0.0487. The third-order valence-electron chi connectivity index (χ3n) is 5.48. The van der Waals surface area contributed by atoms with Crippen molar-refractivity contribution in [3.63, 3.8) is 0 Å². The SMILES string of the molecule is CSc1ncccc1C(=O)N1CC[C@@H](NCc2cncn2Cc2ccc(C#N)cc2)C1. The smallest absolute Gasteiger partial charge is 0.256 e. The average Bonchev–Trinajstić information content (AvgIpc) is 3.47. The number of thioether (sulfide) groups is 1. The van der Waals surface area contributed by atoms with Crippen LogP contribution in [0, 0.1) is 11.3 Å². The van der Waals surface area contributed by atoms with E-state index in [9.17, 15) is 4.79 Å². The van der Waals surface area contributed by atoms with E-state index in [1.54, 1.807) is 6.20 Å². The maximum absolute atomic E-state index is 12.9. The topological polar surface area (TPSA) is 86.8 Å². The van der Waals surface area contributed by atoms with Gasteiger partial charge in [0.15, 0.2) is 0 Å². The van der Waals surface area contributed by atoms with Crippen LogP contribution in [-0.2, 0) is 13.1 Å². The minimum atomic E-state index is 0.0487. The van der Waals surface area contributed by atoms with Crippen molar-refractivity contribution in [1.82, 2.24) is 24.8 Å². The van der Waals surface area contributed by atoms with Gasteiger partial charge in [-0.3, -0.25) is 4.79 Å². The van der Waals surface area contributed by atoms with Crippen LogP contribution in [0.2, 0.25) is 0 Å². The van der Waals surface area contributed by atoms with E-state index in [2.05, 4.69) is 25.9 Å². The Balaban J connectivity index is 1.33. The molecule has 3 aromatic rings. The number of carbonyl (C=O) groups is 1. The van der Waals surface area contributed by atoms with Crippen molar-refractivity contribution in [2.24, 2.45) is 0 Å². The van der Waals surface area contributed by atoms with E-state index in [1.807, 2.05) is 60.1 Å². The summed E-state index contributed by atoms with van der Waals surface area (Å²) in [5.74, 6) is 0.0487. The first-order valence-corrected chi connectivity index (χ1v) is 11.4. The summed E-state index contributed by atoms with van der Waals surface area (Å²) in [5.41, 5.74) is 3.55. The first-order chi connectivity index (χ1) is 15.2. The highest BCUT2D eigenvalue weighted by atomic mass is 32.2. The van der Waals surface area contributed by atoms with Gasteiger partial charge in [-0.2, -0.15) is 5.26 Å². The molecule has 8 heteroatoms. The van der Waals surface area contributed by atoms with Gasteiger partial charge >= 0.3 is 0 Å². The van der Waals surface area contributed by atoms with Crippen LogP contribution < -0.4 is 5.32 Å². The molecule has 7 nitrogen and oxygen atoms in total. The van der Waals surface area contributed by atoms with E-state index in [-0.39, 0.29) is 11.9 Å². The highest BCUT2D eigenvalue weighted by Gasteiger charge is 2.28. The lowest BCUT2D eigenvalue weighted by atomic mass is 10.1. The summed E-state index contributed by atoms with van der Waals surface area (Å²) in [6.45, 7) is 2.82. The molecular formula is C23H24N6OS. The van der Waals surface area contributed by atoms with E-state index in [1.165, 1.54) is 11.8 Å². The molecule has 1 atom stereocenters. The third kappa shape index (κ3) is 4.95. The van der Waals surface area contributed by atoms with Crippen molar-refractivity contribution in [1.29, 1.82) is 5.26 Å². The molecule has 1 aromatic carbocycles. The predicted molar refractivity (Wildman–Crippen MR) is 120 cm³/mol. The quantitative estimate of drug-likeness (QED) is 0.578. The van der Waals surface area contributed by atoms with Gasteiger partial charge in [0, 0.05) is 44.6 Å². The van der Waals surface area contributed by atoms with Gasteiger partial charge in [0.2, 0.25) is 0 Å². The molecule has 1 saturated heterocycles. The fourth-order valence-electron chi connectivity index (χ4n) is 3.77. The van der Waals surface area contributed by atoms with Crippen molar-refractivity contribution in [2.75, 3.05) is 19.3 Å². The number of imidazole rings is 1. The summed E-state index contributed by atoms with van der Waals surface area (Å²) in [7, 11) is 0. The van der Waals surface area contributed by atoms with Crippen LogP contribution in [0.5, 0.6) is 0 Å². The summed E-state index contributed by atoms with van der Waals surface area (Å²) < 4.78 is 2.10. The molecule has 0 unspecified atom stereocenters. The van der Waals surface area contributed by atoms with Crippen molar-refractivity contribution >= 4 is 17.7 Å². The van der Waals surface area contributed by atoms with Crippen molar-refractivity contribution in [3.05, 3.63) is 77.5 Å². The second-order valence-electron chi connectivity index (χ2n) is 7.50. The largest absolute Gasteiger partial charge is 0.337 e. The number of rotatable bonds is 7. The Hall–Kier alpha value is -3.15. The lowest BCUT2D eigenvalue weighted by Gasteiger charge is -2.18. The van der Waals surface area contributed by atoms with E-state index in [0.29, 0.717) is 30.8 Å². The molecule has 1 aliphatic rings. The van der Waals surface area contributed by atoms with Crippen LogP contribution in [-0.4, -0.2) is 50.7 Å². The van der Waals surface area contributed by atoms with Crippen LogP contribution >= 0.6 is 11.8 Å². The van der Waals surface area contributed by atoms with Crippen LogP contribution in [0.15, 0.2) is 60.1 Å². The number of benzene rings is 1. The van der Waals surface area contributed by atoms with Gasteiger partial charge in [-0.1, -0.05) is 12.1 Å². The molecule has 2 aromatic heterocycles. The number of aromatic nitrogens is 3. The number of pyridine rings is 1. The fourth-order valence-corrected chi connectivity index (χ4v) is 4.31. The molecular weight excluding hydrogens is 408 g/mol. The van der Waals surface area contributed by atoms with Crippen molar-refractivity contribution in [3.8, 4) is 6.07 Å². The maximum atomic E-state index is 12.9. The van der Waals surface area contributed by atoms with Gasteiger partial charge in [-0.25, -0.2) is 9.97 Å². The highest BCUT2D eigenvalue weighted by Crippen LogP contribution is 2.21. The van der Waals surface area contributed by atoms with Crippen molar-refractivity contribution in [2.45, 2.75) is 30.6 Å². The Bertz CT molecular complexity index is 1090. The molecule has 0 aliphatic carbocycles. The Morgan fingerprint density at radius 3 is 2.94 bits per heavy atom. The van der Waals surface area contributed by atoms with Crippen LogP contribution in [0.25, 0.3) is 0 Å². The number of likely N-dealkylation sites (tertiary alicyclic amines) is 1. The summed E-state index contributed by atoms with van der Waals surface area (Å²) >= 11 is 1.50. The molecule has 1 aliphatic heterocycles. The number of amides is 1. The molecule has 0 spiro atoms. The van der Waals surface area contributed by atoms with Gasteiger partial charge in [0.05, 0.1) is 29.2 Å². The molecule has 1 N–H and O–H groups in total. The Kier molecular flexibility index (Phi) is 6.65. The molecule has 31 heavy (non-hydrogen) atoms. The summed E-state index contributed by atoms with van der Waals surface area (Å²) in [6.07, 6.45) is 8.28. The zero-order valence-electron chi connectivity index (χ0n) is 17.4. The molecule has 0 bridgehead atoms. The standard InChI is InChI=1S/C23H24N6OS/c1-31-22-21(3-2-9-26-22)23(30)28-10-8-19(15-28)27-13-20-12-25-16-29(20)14-18-6-4-17(11-24)5-7-18/h2-7,9,12,16,19,27H,8,10,13-15H2,1H3/t19-/m1/s1. The molecule has 3 heterocycles. The van der Waals surface area contributed by atoms with E-state index >= 15 is 0 Å². The van der Waals surface area contributed by atoms with Gasteiger partial charge in [-0.05, 0) is 42.5 Å². The van der Waals surface area contributed by atoms with Crippen molar-refractivity contribution < 1.29 is 4.79 Å². The number of nitrogens with zero attached hydrogens (tertiary/aromatic N) is 5. The second kappa shape index (κ2) is 9.77. The first-order valence-electron chi connectivity index (χ1n) is 10.2. The molecule has 4 rings (SSSR count). The Morgan fingerprint density at radius 1 is 1.32 bits per heavy atom. The van der Waals surface area contributed by atoms with Crippen LogP contribution in [0.4, 0.5) is 0 Å². The zero-order valence-corrected chi connectivity index (χ0v) is 18.2. The molecule has 1 fully saturated rings. The minimum Gasteiger partial charge on any atom is -0.337 e. The Morgan fingerprint density at radius 2 is 2.16 bits per heavy atom. The van der Waals surface area contributed by atoms with Gasteiger partial charge in [0.1, 0.15) is 5.03 Å². The van der Waals surface area contributed by atoms with Crippen LogP contribution in [0.1, 0.15) is 33.6 Å². The van der Waals surface area contributed by atoms with Crippen LogP contribution in [0.3, 0.4) is 0 Å². The van der Waals surface area contributed by atoms with E-state index in [0.717, 1.165) is 29.2 Å². The number of carbonyl (C=O) groups excluding carboxylic acids is 1. The zero-order chi connectivity index (χ0) is 21.6. The molecule has 0 saturated carbocycles. The number of nitrogens with one attached hydrogen (secondary N) is 1. The lowest BCUT2D eigenvalue weighted by molar-refractivity contribution is 0.0785. The summed E-state index contributed by atoms with van der Waals surface area (Å²) in [4.78, 5) is 23.4. The monoisotopic (exact) mass is 432 g/mol. The lowest BCUT2D eigenvalue weighted by Crippen LogP contribution is -2.35. The molecule has 158 valence electrons. The maximum Gasteiger partial charge on any atom is 0.256 e. The van der Waals surface area contributed by atoms with Gasteiger partial charge in [0.25, 0.3) is 5.91 Å². The Labute approximate surface area is 186 Å². The highest BCUT2D eigenvalue weighted by molar-refractivity contribution is 7.98.